The van der Waals surface area contributed by atoms with E-state index in [9.17, 15) is 4.39 Å². The smallest absolute Gasteiger partial charge is 0.171 e. The predicted molar refractivity (Wildman–Crippen MR) is 77.2 cm³/mol. The number of hydrogen-bond acceptors (Lipinski definition) is 1. The molecule has 1 aromatic rings. The van der Waals surface area contributed by atoms with Gasteiger partial charge in [0.1, 0.15) is 5.82 Å². The molecule has 0 amide bonds. The molecule has 0 spiro atoms. The van der Waals surface area contributed by atoms with E-state index < -0.39 is 0 Å². The Bertz CT molecular complexity index is 422. The zero-order valence-electron chi connectivity index (χ0n) is 10.6. The van der Waals surface area contributed by atoms with Gasteiger partial charge in [0, 0.05) is 6.04 Å². The van der Waals surface area contributed by atoms with E-state index in [1.54, 1.807) is 18.2 Å². The van der Waals surface area contributed by atoms with Gasteiger partial charge in [-0.3, -0.25) is 0 Å². The minimum absolute atomic E-state index is 0.279. The Balaban J connectivity index is 1.90. The molecule has 98 valence electrons. The molecule has 0 aromatic heterocycles. The van der Waals surface area contributed by atoms with Crippen LogP contribution in [-0.4, -0.2) is 11.2 Å². The van der Waals surface area contributed by atoms with E-state index in [-0.39, 0.29) is 5.82 Å². The van der Waals surface area contributed by atoms with Crippen LogP contribution in [-0.2, 0) is 0 Å². The number of para-hydroxylation sites is 1. The lowest BCUT2D eigenvalue weighted by atomic mass is 9.86. The molecule has 1 fully saturated rings. The number of benzene rings is 1. The number of anilines is 1. The lowest BCUT2D eigenvalue weighted by molar-refractivity contribution is 0.309. The molecular formula is C14H19FN2S. The standard InChI is InChI=1S/C14H19FN2S/c1-10-6-2-4-8-12(10)16-14(18)17-13-9-5-3-7-11(13)15/h3,5,7,9-10,12H,2,4,6,8H2,1H3,(H2,16,17,18)/t10-,12-/m0/s1. The first-order chi connectivity index (χ1) is 8.66. The first-order valence-corrected chi connectivity index (χ1v) is 6.89. The van der Waals surface area contributed by atoms with Crippen molar-refractivity contribution in [1.29, 1.82) is 0 Å². The molecule has 1 aliphatic carbocycles. The van der Waals surface area contributed by atoms with E-state index in [0.717, 1.165) is 6.42 Å². The maximum absolute atomic E-state index is 13.5. The third-order valence-electron chi connectivity index (χ3n) is 3.55. The van der Waals surface area contributed by atoms with Crippen molar-refractivity contribution in [3.63, 3.8) is 0 Å². The summed E-state index contributed by atoms with van der Waals surface area (Å²) in [4.78, 5) is 0. The summed E-state index contributed by atoms with van der Waals surface area (Å²) in [6.45, 7) is 2.24. The highest BCUT2D eigenvalue weighted by Crippen LogP contribution is 2.23. The molecule has 2 rings (SSSR count). The molecule has 0 radical (unpaired) electrons. The molecule has 4 heteroatoms. The van der Waals surface area contributed by atoms with Crippen LogP contribution in [0, 0.1) is 11.7 Å². The monoisotopic (exact) mass is 266 g/mol. The van der Waals surface area contributed by atoms with Crippen LogP contribution in [0.15, 0.2) is 24.3 Å². The van der Waals surface area contributed by atoms with Crippen molar-refractivity contribution in [3.8, 4) is 0 Å². The van der Waals surface area contributed by atoms with Gasteiger partial charge in [-0.05, 0) is 43.1 Å². The Labute approximate surface area is 113 Å². The number of rotatable bonds is 2. The van der Waals surface area contributed by atoms with Crippen molar-refractivity contribution in [2.45, 2.75) is 38.6 Å². The number of nitrogens with one attached hydrogen (secondary N) is 2. The van der Waals surface area contributed by atoms with Gasteiger partial charge in [-0.2, -0.15) is 0 Å². The molecule has 0 bridgehead atoms. The highest BCUT2D eigenvalue weighted by molar-refractivity contribution is 7.80. The molecule has 0 saturated heterocycles. The predicted octanol–water partition coefficient (Wildman–Crippen LogP) is 3.69. The molecule has 2 nitrogen and oxygen atoms in total. The van der Waals surface area contributed by atoms with Gasteiger partial charge >= 0.3 is 0 Å². The largest absolute Gasteiger partial charge is 0.359 e. The summed E-state index contributed by atoms with van der Waals surface area (Å²) in [5.41, 5.74) is 0.429. The maximum Gasteiger partial charge on any atom is 0.171 e. The van der Waals surface area contributed by atoms with Crippen molar-refractivity contribution in [1.82, 2.24) is 5.32 Å². The second-order valence-corrected chi connectivity index (χ2v) is 5.35. The Morgan fingerprint density at radius 2 is 2.00 bits per heavy atom. The van der Waals surface area contributed by atoms with Gasteiger partial charge in [-0.15, -0.1) is 0 Å². The quantitative estimate of drug-likeness (QED) is 0.798. The summed E-state index contributed by atoms with van der Waals surface area (Å²) in [6.07, 6.45) is 4.91. The average molecular weight is 266 g/mol. The molecular weight excluding hydrogens is 247 g/mol. The van der Waals surface area contributed by atoms with Crippen LogP contribution in [0.25, 0.3) is 0 Å². The molecule has 2 atom stereocenters. The third kappa shape index (κ3) is 3.42. The fraction of sp³-hybridized carbons (Fsp3) is 0.500. The Hall–Kier alpha value is -1.16. The van der Waals surface area contributed by atoms with Crippen LogP contribution in [0.5, 0.6) is 0 Å². The van der Waals surface area contributed by atoms with Gasteiger partial charge in [0.25, 0.3) is 0 Å². The second-order valence-electron chi connectivity index (χ2n) is 4.95. The van der Waals surface area contributed by atoms with Crippen molar-refractivity contribution in [3.05, 3.63) is 30.1 Å². The first kappa shape index (κ1) is 13.3. The molecule has 18 heavy (non-hydrogen) atoms. The van der Waals surface area contributed by atoms with Gasteiger partial charge < -0.3 is 10.6 Å². The zero-order valence-corrected chi connectivity index (χ0v) is 11.4. The molecule has 1 aromatic carbocycles. The highest BCUT2D eigenvalue weighted by atomic mass is 32.1. The lowest BCUT2D eigenvalue weighted by Crippen LogP contribution is -2.43. The number of hydrogen-bond donors (Lipinski definition) is 2. The maximum atomic E-state index is 13.5. The first-order valence-electron chi connectivity index (χ1n) is 6.49. The normalized spacial score (nSPS) is 23.4. The molecule has 1 aliphatic rings. The van der Waals surface area contributed by atoms with Crippen LogP contribution < -0.4 is 10.6 Å². The Morgan fingerprint density at radius 1 is 1.28 bits per heavy atom. The zero-order chi connectivity index (χ0) is 13.0. The van der Waals surface area contributed by atoms with Gasteiger partial charge in [0.2, 0.25) is 0 Å². The van der Waals surface area contributed by atoms with Crippen molar-refractivity contribution < 1.29 is 4.39 Å². The van der Waals surface area contributed by atoms with E-state index in [4.69, 9.17) is 12.2 Å². The SMILES string of the molecule is C[C@H]1CCCC[C@@H]1NC(=S)Nc1ccccc1F. The summed E-state index contributed by atoms with van der Waals surface area (Å²) in [5, 5.41) is 6.73. The molecule has 2 N–H and O–H groups in total. The Morgan fingerprint density at radius 3 is 2.72 bits per heavy atom. The minimum Gasteiger partial charge on any atom is -0.359 e. The molecule has 0 unspecified atom stereocenters. The van der Waals surface area contributed by atoms with E-state index >= 15 is 0 Å². The van der Waals surface area contributed by atoms with Gasteiger partial charge in [0.05, 0.1) is 5.69 Å². The molecule has 1 saturated carbocycles. The fourth-order valence-electron chi connectivity index (χ4n) is 2.42. The van der Waals surface area contributed by atoms with Crippen LogP contribution in [0.2, 0.25) is 0 Å². The fourth-order valence-corrected chi connectivity index (χ4v) is 2.68. The third-order valence-corrected chi connectivity index (χ3v) is 3.77. The summed E-state index contributed by atoms with van der Waals surface area (Å²) in [7, 11) is 0. The lowest BCUT2D eigenvalue weighted by Gasteiger charge is -2.30. The summed E-state index contributed by atoms with van der Waals surface area (Å²) >= 11 is 5.24. The van der Waals surface area contributed by atoms with Crippen molar-refractivity contribution >= 4 is 23.0 Å². The highest BCUT2D eigenvalue weighted by Gasteiger charge is 2.21. The van der Waals surface area contributed by atoms with Gasteiger partial charge in [-0.1, -0.05) is 31.9 Å². The van der Waals surface area contributed by atoms with E-state index in [2.05, 4.69) is 17.6 Å². The topological polar surface area (TPSA) is 24.1 Å². The summed E-state index contributed by atoms with van der Waals surface area (Å²) in [5.74, 6) is 0.345. The van der Waals surface area contributed by atoms with Crippen molar-refractivity contribution in [2.24, 2.45) is 5.92 Å². The second kappa shape index (κ2) is 6.14. The van der Waals surface area contributed by atoms with Crippen LogP contribution in [0.1, 0.15) is 32.6 Å². The summed E-state index contributed by atoms with van der Waals surface area (Å²) < 4.78 is 13.5. The molecule has 0 aliphatic heterocycles. The van der Waals surface area contributed by atoms with Gasteiger partial charge in [-0.25, -0.2) is 4.39 Å². The number of halogens is 1. The van der Waals surface area contributed by atoms with E-state index in [1.807, 2.05) is 0 Å². The average Bonchev–Trinajstić information content (AvgIpc) is 2.35. The number of thiocarbonyl (C=S) groups is 1. The van der Waals surface area contributed by atoms with Crippen molar-refractivity contribution in [2.75, 3.05) is 5.32 Å². The van der Waals surface area contributed by atoms with Crippen LogP contribution >= 0.6 is 12.2 Å². The van der Waals surface area contributed by atoms with E-state index in [1.165, 1.54) is 25.3 Å². The van der Waals surface area contributed by atoms with E-state index in [0.29, 0.717) is 22.8 Å². The van der Waals surface area contributed by atoms with Crippen LogP contribution in [0.4, 0.5) is 10.1 Å². The molecule has 0 heterocycles. The summed E-state index contributed by atoms with van der Waals surface area (Å²) in [6, 6.07) is 6.98. The van der Waals surface area contributed by atoms with Gasteiger partial charge in [0.15, 0.2) is 5.11 Å². The minimum atomic E-state index is -0.279. The Kier molecular flexibility index (Phi) is 4.53. The van der Waals surface area contributed by atoms with Crippen LogP contribution in [0.3, 0.4) is 0 Å².